The van der Waals surface area contributed by atoms with Crippen molar-refractivity contribution >= 4 is 185 Å². The number of fused-ring (bicyclic) bond motifs is 27. The van der Waals surface area contributed by atoms with Crippen LogP contribution in [0.3, 0.4) is 0 Å². The van der Waals surface area contributed by atoms with Crippen LogP contribution in [0.4, 0.5) is 0 Å². The summed E-state index contributed by atoms with van der Waals surface area (Å²) in [6.45, 7) is 0. The summed E-state index contributed by atoms with van der Waals surface area (Å²) < 4.78 is 12.4. The van der Waals surface area contributed by atoms with Crippen LogP contribution >= 0.6 is 0 Å². The van der Waals surface area contributed by atoms with E-state index in [1.165, 1.54) is 141 Å². The van der Waals surface area contributed by atoms with E-state index in [4.69, 9.17) is 15.0 Å². The number of hydrogen-bond donors (Lipinski definition) is 0. The van der Waals surface area contributed by atoms with Gasteiger partial charge in [0.1, 0.15) is 5.65 Å². The Bertz CT molecular complexity index is 8140. The first-order chi connectivity index (χ1) is 52.1. The maximum atomic E-state index is 5.55. The van der Waals surface area contributed by atoms with Crippen molar-refractivity contribution in [3.05, 3.63) is 328 Å². The summed E-state index contributed by atoms with van der Waals surface area (Å²) in [5, 5.41) is 25.4. The molecular weight excluding hydrogens is 1280 g/mol. The number of hydrogen-bond acceptors (Lipinski definition) is 3. The van der Waals surface area contributed by atoms with Crippen molar-refractivity contribution in [3.8, 4) is 50.8 Å². The molecule has 16 aromatic carbocycles. The molecule has 8 nitrogen and oxygen atoms in total. The smallest absolute Gasteiger partial charge is 0.160 e. The first kappa shape index (κ1) is 55.6. The molecule has 0 amide bonds. The number of benzene rings is 16. The Morgan fingerprint density at radius 1 is 0.219 bits per heavy atom. The molecule has 0 aliphatic heterocycles. The molecule has 9 aromatic heterocycles. The zero-order valence-corrected chi connectivity index (χ0v) is 56.3. The fraction of sp³-hybridized carbons (Fsp3) is 0. The van der Waals surface area contributed by atoms with E-state index in [1.807, 2.05) is 0 Å². The molecule has 0 bridgehead atoms. The molecule has 9 heterocycles. The van der Waals surface area contributed by atoms with Crippen LogP contribution in [-0.4, -0.2) is 37.5 Å². The van der Waals surface area contributed by atoms with Crippen LogP contribution in [-0.2, 0) is 0 Å². The van der Waals surface area contributed by atoms with Crippen LogP contribution in [0, 0.1) is 0 Å². The molecule has 8 heteroatoms. The predicted molar refractivity (Wildman–Crippen MR) is 438 cm³/mol. The number of rotatable bonds is 6. The Morgan fingerprint density at radius 3 is 1.28 bits per heavy atom. The molecule has 0 fully saturated rings. The molecule has 482 valence electrons. The third-order valence-electron chi connectivity index (χ3n) is 23.2. The third-order valence-corrected chi connectivity index (χ3v) is 23.2. The minimum atomic E-state index is 0.687. The minimum Gasteiger partial charge on any atom is -0.309 e. The molecule has 0 unspecified atom stereocenters. The van der Waals surface area contributed by atoms with Gasteiger partial charge in [0.15, 0.2) is 5.82 Å². The van der Waals surface area contributed by atoms with Gasteiger partial charge >= 0.3 is 0 Å². The molecule has 0 aliphatic rings. The molecule has 105 heavy (non-hydrogen) atoms. The van der Waals surface area contributed by atoms with Crippen molar-refractivity contribution in [2.75, 3.05) is 0 Å². The zero-order chi connectivity index (χ0) is 68.0. The van der Waals surface area contributed by atoms with Gasteiger partial charge in [-0.05, 0) is 171 Å². The molecule has 0 radical (unpaired) electrons. The van der Waals surface area contributed by atoms with Gasteiger partial charge in [0.05, 0.1) is 83.8 Å². The largest absolute Gasteiger partial charge is 0.309 e. The van der Waals surface area contributed by atoms with Crippen molar-refractivity contribution in [2.24, 2.45) is 0 Å². The molecule has 0 saturated carbocycles. The fourth-order valence-electron chi connectivity index (χ4n) is 18.7. The summed E-state index contributed by atoms with van der Waals surface area (Å²) in [6, 6.07) is 119. The number of pyridine rings is 1. The van der Waals surface area contributed by atoms with Crippen molar-refractivity contribution in [1.29, 1.82) is 0 Å². The van der Waals surface area contributed by atoms with Crippen LogP contribution in [0.5, 0.6) is 0 Å². The van der Waals surface area contributed by atoms with Crippen LogP contribution in [0.1, 0.15) is 0 Å². The van der Waals surface area contributed by atoms with E-state index >= 15 is 0 Å². The van der Waals surface area contributed by atoms with Gasteiger partial charge in [-0.15, -0.1) is 0 Å². The van der Waals surface area contributed by atoms with Gasteiger partial charge < -0.3 is 17.9 Å². The Labute approximate surface area is 597 Å². The van der Waals surface area contributed by atoms with Gasteiger partial charge in [0.25, 0.3) is 0 Å². The minimum absolute atomic E-state index is 0.687. The molecule has 0 saturated heterocycles. The summed E-state index contributed by atoms with van der Waals surface area (Å²) in [6.07, 6.45) is 2.10. The van der Waals surface area contributed by atoms with Crippen LogP contribution in [0.25, 0.3) is 236 Å². The van der Waals surface area contributed by atoms with Crippen LogP contribution in [0.2, 0.25) is 0 Å². The summed E-state index contributed by atoms with van der Waals surface area (Å²) in [7, 11) is 0. The van der Waals surface area contributed by atoms with E-state index in [-0.39, 0.29) is 0 Å². The standard InChI is InChI=1S/C97H54N8/c1-2-18-58-45-64(34-33-55(58)17-1)91-72-27-7-12-28-81(72)99-96(100-91)57-37-42-65(43-38-57)101-86-44-39-63(46-73(86)77-53-76-70-25-10-16-32-85(70)105-88-50-62-22-6-4-20-60(62)48-80(88)90(93(77)101)95(76)105)56-35-40-66(41-36-56)103-83-30-14-11-26-71(83)78-51-67(54-98-97(78)103)102-82-29-13-8-23-68(82)74-52-75-69-24-9-15-31-84(69)104-87-49-61-21-5-3-19-59(61)47-79(87)89(92(74)102)94(75)104/h1-54H. The van der Waals surface area contributed by atoms with E-state index in [0.717, 1.165) is 88.9 Å². The number of aromatic nitrogens is 8. The Kier molecular flexibility index (Phi) is 10.7. The summed E-state index contributed by atoms with van der Waals surface area (Å²) in [5.41, 5.74) is 23.2. The molecule has 25 aromatic rings. The topological polar surface area (TPSA) is 62.3 Å². The van der Waals surface area contributed by atoms with E-state index in [2.05, 4.69) is 350 Å². The molecule has 0 spiro atoms. The van der Waals surface area contributed by atoms with Gasteiger partial charge in [0, 0.05) is 103 Å². The van der Waals surface area contributed by atoms with E-state index in [0.29, 0.717) is 5.82 Å². The van der Waals surface area contributed by atoms with Gasteiger partial charge in [-0.25, -0.2) is 15.0 Å². The lowest BCUT2D eigenvalue weighted by Crippen LogP contribution is -1.98. The fourth-order valence-corrected chi connectivity index (χ4v) is 18.7. The van der Waals surface area contributed by atoms with E-state index in [1.54, 1.807) is 0 Å². The van der Waals surface area contributed by atoms with Gasteiger partial charge in [-0.3, -0.25) is 4.57 Å². The third kappa shape index (κ3) is 7.45. The SMILES string of the molecule is c1ccc2cc(-c3nc(-c4ccc(-n5c6ccc(-c7ccc(-n8c9ccccc9c9cc(-n%10c%11ccccc%11c%11cc%12c%13ccccc%13n%13c%14cc%15ccccc%15cc%14c(c%11%10)c%12%13)cnc98)cc7)cc6c6cc7c8ccccc8n8c9cc%10ccccc%10cc9c(c65)c78)cc4)nc4ccccc34)ccc2c1. The second-order valence-electron chi connectivity index (χ2n) is 28.6. The maximum absolute atomic E-state index is 5.55. The predicted octanol–water partition coefficient (Wildman–Crippen LogP) is 25.1. The van der Waals surface area contributed by atoms with Gasteiger partial charge in [-0.1, -0.05) is 194 Å². The highest BCUT2D eigenvalue weighted by Crippen LogP contribution is 2.51. The second kappa shape index (κ2) is 20.3. The molecule has 0 aliphatic carbocycles. The zero-order valence-electron chi connectivity index (χ0n) is 56.3. The number of para-hydroxylation sites is 5. The van der Waals surface area contributed by atoms with Crippen molar-refractivity contribution in [2.45, 2.75) is 0 Å². The van der Waals surface area contributed by atoms with Gasteiger partial charge in [0.2, 0.25) is 0 Å². The Morgan fingerprint density at radius 2 is 0.657 bits per heavy atom. The first-order valence-corrected chi connectivity index (χ1v) is 36.0. The first-order valence-electron chi connectivity index (χ1n) is 36.0. The molecule has 0 atom stereocenters. The quantitative estimate of drug-likeness (QED) is 0.167. The summed E-state index contributed by atoms with van der Waals surface area (Å²) >= 11 is 0. The number of nitrogens with zero attached hydrogens (tertiary/aromatic N) is 8. The van der Waals surface area contributed by atoms with Crippen molar-refractivity contribution < 1.29 is 0 Å². The average Bonchev–Trinajstić information content (AvgIpc) is 1.52. The average molecular weight is 1330 g/mol. The maximum Gasteiger partial charge on any atom is 0.160 e. The van der Waals surface area contributed by atoms with Crippen molar-refractivity contribution in [3.63, 3.8) is 0 Å². The molecular formula is C97H54N8. The lowest BCUT2D eigenvalue weighted by atomic mass is 9.99. The summed E-state index contributed by atoms with van der Waals surface area (Å²) in [4.78, 5) is 16.2. The molecule has 0 N–H and O–H groups in total. The second-order valence-corrected chi connectivity index (χ2v) is 28.6. The van der Waals surface area contributed by atoms with Crippen LogP contribution in [0.15, 0.2) is 328 Å². The highest BCUT2D eigenvalue weighted by atomic mass is 15.1. The van der Waals surface area contributed by atoms with Gasteiger partial charge in [-0.2, -0.15) is 0 Å². The van der Waals surface area contributed by atoms with Crippen LogP contribution < -0.4 is 0 Å². The summed E-state index contributed by atoms with van der Waals surface area (Å²) in [5.74, 6) is 0.687. The Hall–Kier alpha value is -14.2. The van der Waals surface area contributed by atoms with Crippen molar-refractivity contribution in [1.82, 2.24) is 37.5 Å². The molecule has 25 rings (SSSR count). The Balaban J connectivity index is 0.658. The highest BCUT2D eigenvalue weighted by Gasteiger charge is 2.29. The monoisotopic (exact) mass is 1330 g/mol. The highest BCUT2D eigenvalue weighted by molar-refractivity contribution is 6.37. The lowest BCUT2D eigenvalue weighted by molar-refractivity contribution is 1.11. The lowest BCUT2D eigenvalue weighted by Gasteiger charge is -2.12. The van der Waals surface area contributed by atoms with E-state index in [9.17, 15) is 0 Å². The van der Waals surface area contributed by atoms with E-state index < -0.39 is 0 Å². The normalized spacial score (nSPS) is 12.6.